The van der Waals surface area contributed by atoms with Crippen LogP contribution in [-0.2, 0) is 21.2 Å². The van der Waals surface area contributed by atoms with Gasteiger partial charge in [0.2, 0.25) is 10.0 Å². The first-order chi connectivity index (χ1) is 23.9. The minimum Gasteiger partial charge on any atom is -0.508 e. The number of phenols is 2. The fraction of sp³-hybridized carbons (Fsp3) is 0.550. The number of benzene rings is 3. The number of unbranched alkanes of at least 4 members (excludes halogenated alkanes) is 4. The van der Waals surface area contributed by atoms with Crippen LogP contribution in [0.25, 0.3) is 0 Å². The van der Waals surface area contributed by atoms with Crippen LogP contribution in [0.2, 0.25) is 0 Å². The molecule has 0 amide bonds. The fourth-order valence-electron chi connectivity index (χ4n) is 6.46. The summed E-state index contributed by atoms with van der Waals surface area (Å²) in [6.45, 7) is 12.6. The van der Waals surface area contributed by atoms with Gasteiger partial charge < -0.3 is 25.4 Å². The quantitative estimate of drug-likeness (QED) is 0.0482. The number of hydrogen-bond donors (Lipinski definition) is 5. The third kappa shape index (κ3) is 14.6. The highest BCUT2D eigenvalue weighted by Crippen LogP contribution is 2.35. The molecular formula is C40H61N3O6S. The molecule has 0 fully saturated rings. The van der Waals surface area contributed by atoms with E-state index in [2.05, 4.69) is 79.0 Å². The fourth-order valence-corrected chi connectivity index (χ4v) is 7.02. The number of rotatable bonds is 24. The summed E-state index contributed by atoms with van der Waals surface area (Å²) >= 11 is 0. The maximum absolute atomic E-state index is 11.5. The van der Waals surface area contributed by atoms with E-state index in [1.54, 1.807) is 6.07 Å². The van der Waals surface area contributed by atoms with Crippen LogP contribution in [0.15, 0.2) is 66.7 Å². The number of ether oxygens (including phenoxy) is 1. The molecule has 3 rings (SSSR count). The van der Waals surface area contributed by atoms with Crippen molar-refractivity contribution < 1.29 is 28.5 Å². The van der Waals surface area contributed by atoms with E-state index in [0.717, 1.165) is 89.5 Å². The number of anilines is 1. The normalized spacial score (nSPS) is 13.3. The zero-order valence-corrected chi connectivity index (χ0v) is 31.6. The number of aliphatic hydroxyl groups is 1. The van der Waals surface area contributed by atoms with Gasteiger partial charge in [0.1, 0.15) is 11.5 Å². The van der Waals surface area contributed by atoms with Crippen LogP contribution in [0.4, 0.5) is 5.69 Å². The largest absolute Gasteiger partial charge is 0.508 e. The molecule has 3 aromatic rings. The summed E-state index contributed by atoms with van der Waals surface area (Å²) in [5.41, 5.74) is 4.08. The van der Waals surface area contributed by atoms with Gasteiger partial charge >= 0.3 is 0 Å². The minimum atomic E-state index is -3.54. The second-order valence-corrected chi connectivity index (χ2v) is 15.7. The molecule has 0 heterocycles. The lowest BCUT2D eigenvalue weighted by Crippen LogP contribution is -2.38. The molecule has 2 atom stereocenters. The second kappa shape index (κ2) is 21.3. The van der Waals surface area contributed by atoms with Crippen molar-refractivity contribution in [3.63, 3.8) is 0 Å². The van der Waals surface area contributed by atoms with E-state index >= 15 is 0 Å². The van der Waals surface area contributed by atoms with Crippen LogP contribution in [0, 0.1) is 0 Å². The standard InChI is InChI=1S/C40H61N3O6S/c1-30(2)43(31(3)4)24-22-35(33-16-9-8-10-17-33)36-27-32(18-20-38(36)44)15-11-14-26-49-25-13-7-6-12-23-41-29-40(46)34-19-21-39(45)37(28-34)42-50(5,47)48/h8-10,16-21,27-28,30-31,35,40-42,44-46H,6-7,11-15,22-26,29H2,1-5H3/t35-,40+/m1/s1. The number of nitrogens with zero attached hydrogens (tertiary/aromatic N) is 1. The van der Waals surface area contributed by atoms with Crippen molar-refractivity contribution in [1.29, 1.82) is 0 Å². The SMILES string of the molecule is CC(C)N(CC[C@H](c1ccccc1)c1cc(CCCCOCCCCCCNC[C@H](O)c2ccc(O)c(NS(C)(=O)=O)c2)ccc1O)C(C)C. The molecule has 5 N–H and O–H groups in total. The number of aromatic hydroxyl groups is 2. The van der Waals surface area contributed by atoms with Gasteiger partial charge in [0, 0.05) is 43.3 Å². The summed E-state index contributed by atoms with van der Waals surface area (Å²) in [6, 6.07) is 22.0. The second-order valence-electron chi connectivity index (χ2n) is 13.9. The van der Waals surface area contributed by atoms with Gasteiger partial charge in [0.15, 0.2) is 0 Å². The smallest absolute Gasteiger partial charge is 0.229 e. The van der Waals surface area contributed by atoms with Crippen LogP contribution in [0.1, 0.15) is 107 Å². The minimum absolute atomic E-state index is 0.0521. The summed E-state index contributed by atoms with van der Waals surface area (Å²) in [5, 5.41) is 34.6. The lowest BCUT2D eigenvalue weighted by atomic mass is 9.86. The number of nitrogens with one attached hydrogen (secondary N) is 2. The van der Waals surface area contributed by atoms with Gasteiger partial charge in [0.05, 0.1) is 18.0 Å². The molecule has 0 bridgehead atoms. The van der Waals surface area contributed by atoms with E-state index in [1.807, 2.05) is 12.1 Å². The molecule has 10 heteroatoms. The molecule has 3 aromatic carbocycles. The van der Waals surface area contributed by atoms with Crippen LogP contribution >= 0.6 is 0 Å². The summed E-state index contributed by atoms with van der Waals surface area (Å²) in [4.78, 5) is 2.52. The Labute approximate surface area is 301 Å². The molecule has 0 radical (unpaired) electrons. The topological polar surface area (TPSA) is 131 Å². The van der Waals surface area contributed by atoms with Gasteiger partial charge in [-0.15, -0.1) is 0 Å². The van der Waals surface area contributed by atoms with Crippen molar-refractivity contribution in [2.75, 3.05) is 43.8 Å². The number of aryl methyl sites for hydroxylation is 1. The van der Waals surface area contributed by atoms with Crippen molar-refractivity contribution >= 4 is 15.7 Å². The molecule has 278 valence electrons. The molecule has 0 saturated carbocycles. The summed E-state index contributed by atoms with van der Waals surface area (Å²) in [6.07, 6.45) is 8.26. The molecule has 0 spiro atoms. The van der Waals surface area contributed by atoms with Gasteiger partial charge in [-0.05, 0) is 114 Å². The number of phenolic OH excluding ortho intramolecular Hbond substituents is 2. The van der Waals surface area contributed by atoms with E-state index < -0.39 is 16.1 Å². The predicted molar refractivity (Wildman–Crippen MR) is 205 cm³/mol. The highest BCUT2D eigenvalue weighted by atomic mass is 32.2. The Hall–Kier alpha value is -3.15. The van der Waals surface area contributed by atoms with E-state index in [4.69, 9.17) is 4.74 Å². The molecule has 0 unspecified atom stereocenters. The lowest BCUT2D eigenvalue weighted by Gasteiger charge is -2.32. The average molecular weight is 712 g/mol. The van der Waals surface area contributed by atoms with Crippen LogP contribution in [-0.4, -0.2) is 79.8 Å². The third-order valence-corrected chi connectivity index (χ3v) is 9.70. The Morgan fingerprint density at radius 1 is 0.780 bits per heavy atom. The zero-order chi connectivity index (χ0) is 36.5. The van der Waals surface area contributed by atoms with Gasteiger partial charge in [-0.3, -0.25) is 9.62 Å². The molecule has 50 heavy (non-hydrogen) atoms. The Morgan fingerprint density at radius 2 is 1.44 bits per heavy atom. The molecule has 0 aromatic heterocycles. The van der Waals surface area contributed by atoms with Gasteiger partial charge in [-0.2, -0.15) is 0 Å². The van der Waals surface area contributed by atoms with E-state index in [-0.39, 0.29) is 17.4 Å². The Bertz CT molecular complexity index is 1510. The van der Waals surface area contributed by atoms with E-state index in [9.17, 15) is 23.7 Å². The first-order valence-electron chi connectivity index (χ1n) is 18.3. The van der Waals surface area contributed by atoms with E-state index in [1.165, 1.54) is 23.3 Å². The Balaban J connectivity index is 1.31. The maximum atomic E-state index is 11.5. The zero-order valence-electron chi connectivity index (χ0n) is 30.8. The predicted octanol–water partition coefficient (Wildman–Crippen LogP) is 7.33. The number of aliphatic hydroxyl groups excluding tert-OH is 1. The average Bonchev–Trinajstić information content (AvgIpc) is 3.06. The third-order valence-electron chi connectivity index (χ3n) is 9.11. The summed E-state index contributed by atoms with van der Waals surface area (Å²) < 4.78 is 31.2. The van der Waals surface area contributed by atoms with Crippen LogP contribution in [0.3, 0.4) is 0 Å². The monoisotopic (exact) mass is 711 g/mol. The maximum Gasteiger partial charge on any atom is 0.229 e. The molecule has 0 saturated heterocycles. The van der Waals surface area contributed by atoms with Crippen molar-refractivity contribution in [1.82, 2.24) is 10.2 Å². The number of sulfonamides is 1. The molecule has 0 aliphatic carbocycles. The van der Waals surface area contributed by atoms with Crippen molar-refractivity contribution in [2.24, 2.45) is 0 Å². The lowest BCUT2D eigenvalue weighted by molar-refractivity contribution is 0.126. The van der Waals surface area contributed by atoms with Crippen LogP contribution < -0.4 is 10.0 Å². The molecule has 0 aliphatic rings. The van der Waals surface area contributed by atoms with Gasteiger partial charge in [0.25, 0.3) is 0 Å². The van der Waals surface area contributed by atoms with E-state index in [0.29, 0.717) is 29.9 Å². The first-order valence-corrected chi connectivity index (χ1v) is 20.1. The summed E-state index contributed by atoms with van der Waals surface area (Å²) in [7, 11) is -3.54. The molecular weight excluding hydrogens is 651 g/mol. The Morgan fingerprint density at radius 3 is 2.12 bits per heavy atom. The van der Waals surface area contributed by atoms with Crippen molar-refractivity contribution in [3.05, 3.63) is 89.0 Å². The van der Waals surface area contributed by atoms with Crippen LogP contribution in [0.5, 0.6) is 11.5 Å². The molecule has 9 nitrogen and oxygen atoms in total. The first kappa shape index (κ1) is 41.3. The summed E-state index contributed by atoms with van der Waals surface area (Å²) in [5.74, 6) is 0.313. The highest BCUT2D eigenvalue weighted by Gasteiger charge is 2.22. The highest BCUT2D eigenvalue weighted by molar-refractivity contribution is 7.92. The van der Waals surface area contributed by atoms with Gasteiger partial charge in [-0.1, -0.05) is 61.4 Å². The van der Waals surface area contributed by atoms with Crippen molar-refractivity contribution in [3.8, 4) is 11.5 Å². The number of hydrogen-bond acceptors (Lipinski definition) is 8. The Kier molecular flexibility index (Phi) is 17.6. The molecule has 0 aliphatic heterocycles. The van der Waals surface area contributed by atoms with Crippen molar-refractivity contribution in [2.45, 2.75) is 103 Å². The van der Waals surface area contributed by atoms with Gasteiger partial charge in [-0.25, -0.2) is 8.42 Å².